The van der Waals surface area contributed by atoms with Gasteiger partial charge in [-0.3, -0.25) is 0 Å². The number of thiophene rings is 1. The number of benzene rings is 10. The first-order chi connectivity index (χ1) is 30.2. The minimum atomic E-state index is 1.10. The molecule has 2 heterocycles. The van der Waals surface area contributed by atoms with Crippen molar-refractivity contribution in [2.45, 2.75) is 0 Å². The van der Waals surface area contributed by atoms with Crippen molar-refractivity contribution in [3.05, 3.63) is 231 Å². The van der Waals surface area contributed by atoms with E-state index in [0.29, 0.717) is 0 Å². The molecule has 0 fully saturated rings. The van der Waals surface area contributed by atoms with Gasteiger partial charge in [-0.15, -0.1) is 11.3 Å². The molecule has 0 saturated carbocycles. The molecular formula is C58H38N2S. The summed E-state index contributed by atoms with van der Waals surface area (Å²) in [4.78, 5) is 2.41. The van der Waals surface area contributed by atoms with Crippen LogP contribution in [0.2, 0.25) is 0 Å². The molecule has 0 aliphatic heterocycles. The van der Waals surface area contributed by atoms with Crippen molar-refractivity contribution in [1.82, 2.24) is 4.57 Å². The van der Waals surface area contributed by atoms with Gasteiger partial charge in [0.05, 0.1) is 16.7 Å². The van der Waals surface area contributed by atoms with Crippen LogP contribution < -0.4 is 4.90 Å². The van der Waals surface area contributed by atoms with E-state index in [1.807, 2.05) is 11.3 Å². The minimum Gasteiger partial charge on any atom is -0.310 e. The van der Waals surface area contributed by atoms with Crippen molar-refractivity contribution in [3.63, 3.8) is 0 Å². The summed E-state index contributed by atoms with van der Waals surface area (Å²) in [5, 5.41) is 7.67. The highest BCUT2D eigenvalue weighted by molar-refractivity contribution is 7.25. The zero-order valence-electron chi connectivity index (χ0n) is 33.2. The fraction of sp³-hybridized carbons (Fsp3) is 0. The molecule has 286 valence electrons. The third-order valence-electron chi connectivity index (χ3n) is 12.2. The van der Waals surface area contributed by atoms with Crippen LogP contribution in [0.3, 0.4) is 0 Å². The highest BCUT2D eigenvalue weighted by Gasteiger charge is 2.19. The number of aromatic nitrogens is 1. The molecule has 0 N–H and O–H groups in total. The van der Waals surface area contributed by atoms with Crippen LogP contribution in [0.25, 0.3) is 91.8 Å². The summed E-state index contributed by atoms with van der Waals surface area (Å²) in [5.74, 6) is 0. The van der Waals surface area contributed by atoms with E-state index in [9.17, 15) is 0 Å². The number of hydrogen-bond acceptors (Lipinski definition) is 2. The van der Waals surface area contributed by atoms with E-state index in [1.165, 1.54) is 86.1 Å². The van der Waals surface area contributed by atoms with Crippen LogP contribution in [0.15, 0.2) is 231 Å². The molecule has 12 aromatic rings. The average molecular weight is 795 g/mol. The molecule has 61 heavy (non-hydrogen) atoms. The Morgan fingerprint density at radius 2 is 0.836 bits per heavy atom. The van der Waals surface area contributed by atoms with E-state index in [1.54, 1.807) is 0 Å². The summed E-state index contributed by atoms with van der Waals surface area (Å²) in [6.45, 7) is 0. The standard InChI is InChI=1S/C58H38N2S/c1-2-14-47-41(12-1)13-11-19-48(47)42-28-35-45(36-29-42)59(54-20-7-3-15-49(54)43-30-37-53-52-18-6-10-23-57(52)61-58(53)38-43)44-31-24-39(25-32-44)40-26-33-46(34-27-40)60-55-21-8-4-16-50(55)51-17-5-9-22-56(51)60/h1-38H. The molecule has 2 nitrogen and oxygen atoms in total. The second-order valence-corrected chi connectivity index (χ2v) is 16.8. The van der Waals surface area contributed by atoms with Crippen LogP contribution in [0.5, 0.6) is 0 Å². The quantitative estimate of drug-likeness (QED) is 0.156. The van der Waals surface area contributed by atoms with Gasteiger partial charge in [0.25, 0.3) is 0 Å². The lowest BCUT2D eigenvalue weighted by Crippen LogP contribution is -2.11. The Morgan fingerprint density at radius 3 is 1.56 bits per heavy atom. The third kappa shape index (κ3) is 6.01. The van der Waals surface area contributed by atoms with E-state index in [4.69, 9.17) is 0 Å². The lowest BCUT2D eigenvalue weighted by atomic mass is 9.97. The van der Waals surface area contributed by atoms with Crippen molar-refractivity contribution < 1.29 is 0 Å². The van der Waals surface area contributed by atoms with E-state index >= 15 is 0 Å². The summed E-state index contributed by atoms with van der Waals surface area (Å²) < 4.78 is 4.99. The van der Waals surface area contributed by atoms with Crippen molar-refractivity contribution in [3.8, 4) is 39.1 Å². The second-order valence-electron chi connectivity index (χ2n) is 15.7. The molecule has 3 heteroatoms. The van der Waals surface area contributed by atoms with Gasteiger partial charge in [0, 0.05) is 53.6 Å². The second kappa shape index (κ2) is 14.5. The van der Waals surface area contributed by atoms with E-state index in [2.05, 4.69) is 240 Å². The molecule has 0 saturated heterocycles. The van der Waals surface area contributed by atoms with Crippen LogP contribution in [-0.4, -0.2) is 4.57 Å². The van der Waals surface area contributed by atoms with E-state index < -0.39 is 0 Å². The Morgan fingerprint density at radius 1 is 0.328 bits per heavy atom. The number of para-hydroxylation sites is 3. The molecule has 0 spiro atoms. The maximum Gasteiger partial charge on any atom is 0.0541 e. The molecule has 0 aliphatic carbocycles. The number of anilines is 3. The third-order valence-corrected chi connectivity index (χ3v) is 13.4. The number of hydrogen-bond donors (Lipinski definition) is 0. The van der Waals surface area contributed by atoms with Gasteiger partial charge in [0.1, 0.15) is 0 Å². The van der Waals surface area contributed by atoms with Gasteiger partial charge in [0.15, 0.2) is 0 Å². The van der Waals surface area contributed by atoms with Gasteiger partial charge in [0.2, 0.25) is 0 Å². The van der Waals surface area contributed by atoms with Gasteiger partial charge in [-0.25, -0.2) is 0 Å². The fourth-order valence-electron chi connectivity index (χ4n) is 9.31. The molecule has 12 rings (SSSR count). The lowest BCUT2D eigenvalue weighted by molar-refractivity contribution is 1.18. The SMILES string of the molecule is c1ccc(N(c2ccc(-c3ccc(-n4c5ccccc5c5ccccc54)cc3)cc2)c2ccc(-c3cccc4ccccc34)cc2)c(-c2ccc3c(c2)sc2ccccc23)c1. The normalized spacial score (nSPS) is 11.6. The van der Waals surface area contributed by atoms with Crippen LogP contribution in [0.1, 0.15) is 0 Å². The predicted octanol–water partition coefficient (Wildman–Crippen LogP) is 16.8. The summed E-state index contributed by atoms with van der Waals surface area (Å²) in [5.41, 5.74) is 14.1. The van der Waals surface area contributed by atoms with E-state index in [-0.39, 0.29) is 0 Å². The van der Waals surface area contributed by atoms with Crippen molar-refractivity contribution in [2.24, 2.45) is 0 Å². The Bertz CT molecular complexity index is 3520. The smallest absolute Gasteiger partial charge is 0.0541 e. The molecule has 0 aliphatic rings. The summed E-state index contributed by atoms with van der Waals surface area (Å²) >= 11 is 1.86. The van der Waals surface area contributed by atoms with Gasteiger partial charge >= 0.3 is 0 Å². The lowest BCUT2D eigenvalue weighted by Gasteiger charge is -2.28. The van der Waals surface area contributed by atoms with E-state index in [0.717, 1.165) is 22.7 Å². The molecule has 0 atom stereocenters. The molecule has 0 bridgehead atoms. The van der Waals surface area contributed by atoms with Gasteiger partial charge in [-0.05, 0) is 105 Å². The monoisotopic (exact) mass is 794 g/mol. The maximum absolute atomic E-state index is 2.41. The van der Waals surface area contributed by atoms with Crippen LogP contribution in [-0.2, 0) is 0 Å². The topological polar surface area (TPSA) is 8.17 Å². The highest BCUT2D eigenvalue weighted by atomic mass is 32.1. The minimum absolute atomic E-state index is 1.10. The largest absolute Gasteiger partial charge is 0.310 e. The molecule has 0 radical (unpaired) electrons. The first-order valence-electron chi connectivity index (χ1n) is 20.8. The van der Waals surface area contributed by atoms with Gasteiger partial charge in [-0.1, -0.05) is 164 Å². The average Bonchev–Trinajstić information content (AvgIpc) is 3.88. The van der Waals surface area contributed by atoms with Gasteiger partial charge < -0.3 is 9.47 Å². The summed E-state index contributed by atoms with van der Waals surface area (Å²) in [7, 11) is 0. The molecule has 2 aromatic heterocycles. The Hall–Kier alpha value is -7.72. The first-order valence-corrected chi connectivity index (χ1v) is 21.6. The molecule has 0 unspecified atom stereocenters. The van der Waals surface area contributed by atoms with Crippen molar-refractivity contribution in [2.75, 3.05) is 4.90 Å². The number of rotatable bonds is 7. The zero-order chi connectivity index (χ0) is 40.3. The van der Waals surface area contributed by atoms with Gasteiger partial charge in [-0.2, -0.15) is 0 Å². The maximum atomic E-state index is 2.41. The van der Waals surface area contributed by atoms with Crippen LogP contribution in [0, 0.1) is 0 Å². The summed E-state index contributed by atoms with van der Waals surface area (Å²) in [6, 6.07) is 84.1. The van der Waals surface area contributed by atoms with Crippen LogP contribution >= 0.6 is 11.3 Å². The Labute approximate surface area is 358 Å². The number of fused-ring (bicyclic) bond motifs is 7. The summed E-state index contributed by atoms with van der Waals surface area (Å²) in [6.07, 6.45) is 0. The van der Waals surface area contributed by atoms with Crippen LogP contribution in [0.4, 0.5) is 17.1 Å². The Balaban J connectivity index is 0.946. The zero-order valence-corrected chi connectivity index (χ0v) is 34.1. The van der Waals surface area contributed by atoms with Crippen molar-refractivity contribution >= 4 is 81.1 Å². The van der Waals surface area contributed by atoms with Crippen molar-refractivity contribution in [1.29, 1.82) is 0 Å². The first kappa shape index (κ1) is 35.2. The molecular weight excluding hydrogens is 757 g/mol. The highest BCUT2D eigenvalue weighted by Crippen LogP contribution is 2.44. The molecule has 0 amide bonds. The fourth-order valence-corrected chi connectivity index (χ4v) is 10.5. The Kier molecular flexibility index (Phi) is 8.39. The number of nitrogens with zero attached hydrogens (tertiary/aromatic N) is 2. The molecule has 10 aromatic carbocycles. The predicted molar refractivity (Wildman–Crippen MR) is 262 cm³/mol.